The molecule has 0 aliphatic carbocycles. The molecular weight excluding hydrogens is 212 g/mol. The first-order valence-corrected chi connectivity index (χ1v) is 4.78. The lowest BCUT2D eigenvalue weighted by atomic mass is 10.2. The molecule has 2 amide bonds. The van der Waals surface area contributed by atoms with Crippen LogP contribution in [0.3, 0.4) is 0 Å². The molecule has 0 aliphatic heterocycles. The van der Waals surface area contributed by atoms with E-state index in [0.29, 0.717) is 0 Å². The second-order valence-electron chi connectivity index (χ2n) is 3.16. The van der Waals surface area contributed by atoms with Gasteiger partial charge in [0.15, 0.2) is 0 Å². The molecule has 2 N–H and O–H groups in total. The van der Waals surface area contributed by atoms with Gasteiger partial charge < -0.3 is 9.15 Å². The Morgan fingerprint density at radius 1 is 1.56 bits per heavy atom. The molecule has 1 atom stereocenters. The van der Waals surface area contributed by atoms with Crippen LogP contribution >= 0.6 is 0 Å². The van der Waals surface area contributed by atoms with Crippen LogP contribution in [0.2, 0.25) is 0 Å². The summed E-state index contributed by atoms with van der Waals surface area (Å²) in [6, 6.07) is 3.47. The Balaban J connectivity index is 2.29. The standard InChI is InChI=1S/C10H14N2O4/c1-7(8-4-3-5-16-8)11-6-9(13)12-10(14)15-2/h3-5,7,11H,6H2,1-2H3,(H,12,13,14)/t7-/m0/s1. The average Bonchev–Trinajstić information content (AvgIpc) is 2.79. The van der Waals surface area contributed by atoms with Gasteiger partial charge >= 0.3 is 6.09 Å². The molecule has 0 bridgehead atoms. The van der Waals surface area contributed by atoms with Crippen LogP contribution in [0, 0.1) is 0 Å². The maximum atomic E-state index is 11.2. The van der Waals surface area contributed by atoms with Gasteiger partial charge in [-0.3, -0.25) is 15.4 Å². The Morgan fingerprint density at radius 3 is 2.88 bits per heavy atom. The quantitative estimate of drug-likeness (QED) is 0.794. The van der Waals surface area contributed by atoms with Crippen molar-refractivity contribution in [2.24, 2.45) is 0 Å². The third kappa shape index (κ3) is 3.74. The molecule has 0 aliphatic rings. The Hall–Kier alpha value is -1.82. The molecule has 6 heteroatoms. The van der Waals surface area contributed by atoms with Crippen molar-refractivity contribution in [2.45, 2.75) is 13.0 Å². The highest BCUT2D eigenvalue weighted by Gasteiger charge is 2.11. The fourth-order valence-corrected chi connectivity index (χ4v) is 1.09. The molecule has 0 saturated heterocycles. The number of rotatable bonds is 4. The number of ether oxygens (including phenoxy) is 1. The summed E-state index contributed by atoms with van der Waals surface area (Å²) in [6.07, 6.45) is 0.791. The summed E-state index contributed by atoms with van der Waals surface area (Å²) in [4.78, 5) is 21.9. The van der Waals surface area contributed by atoms with Crippen LogP contribution in [0.5, 0.6) is 0 Å². The number of carbonyl (C=O) groups excluding carboxylic acids is 2. The van der Waals surface area contributed by atoms with Crippen molar-refractivity contribution in [1.29, 1.82) is 0 Å². The smallest absolute Gasteiger partial charge is 0.413 e. The van der Waals surface area contributed by atoms with E-state index in [1.807, 2.05) is 12.2 Å². The number of hydrogen-bond acceptors (Lipinski definition) is 5. The summed E-state index contributed by atoms with van der Waals surface area (Å²) in [7, 11) is 1.20. The number of nitrogens with one attached hydrogen (secondary N) is 2. The maximum absolute atomic E-state index is 11.2. The van der Waals surface area contributed by atoms with Gasteiger partial charge in [0.1, 0.15) is 5.76 Å². The molecule has 0 radical (unpaired) electrons. The molecule has 0 saturated carbocycles. The highest BCUT2D eigenvalue weighted by atomic mass is 16.5. The first-order valence-electron chi connectivity index (χ1n) is 4.78. The van der Waals surface area contributed by atoms with E-state index in [0.717, 1.165) is 5.76 Å². The third-order valence-corrected chi connectivity index (χ3v) is 1.97. The Bertz CT molecular complexity index is 348. The second-order valence-corrected chi connectivity index (χ2v) is 3.16. The summed E-state index contributed by atoms with van der Waals surface area (Å²) < 4.78 is 9.43. The minimum atomic E-state index is -0.766. The van der Waals surface area contributed by atoms with E-state index in [4.69, 9.17) is 4.42 Å². The zero-order chi connectivity index (χ0) is 12.0. The molecule has 1 heterocycles. The topological polar surface area (TPSA) is 80.6 Å². The van der Waals surface area contributed by atoms with Gasteiger partial charge in [-0.2, -0.15) is 0 Å². The lowest BCUT2D eigenvalue weighted by molar-refractivity contribution is -0.119. The van der Waals surface area contributed by atoms with E-state index in [1.54, 1.807) is 18.4 Å². The number of methoxy groups -OCH3 is 1. The van der Waals surface area contributed by atoms with Crippen LogP contribution in [-0.4, -0.2) is 25.7 Å². The number of imide groups is 1. The van der Waals surface area contributed by atoms with Crippen LogP contribution in [0.15, 0.2) is 22.8 Å². The fourth-order valence-electron chi connectivity index (χ4n) is 1.09. The van der Waals surface area contributed by atoms with Crippen LogP contribution in [0.4, 0.5) is 4.79 Å². The average molecular weight is 226 g/mol. The minimum Gasteiger partial charge on any atom is -0.468 e. The van der Waals surface area contributed by atoms with Gasteiger partial charge in [0, 0.05) is 0 Å². The van der Waals surface area contributed by atoms with Crippen molar-refractivity contribution in [3.8, 4) is 0 Å². The first-order chi connectivity index (χ1) is 7.63. The summed E-state index contributed by atoms with van der Waals surface area (Å²) in [5.41, 5.74) is 0. The van der Waals surface area contributed by atoms with Gasteiger partial charge in [-0.1, -0.05) is 0 Å². The molecule has 0 spiro atoms. The molecular formula is C10H14N2O4. The summed E-state index contributed by atoms with van der Waals surface area (Å²) in [6.45, 7) is 1.86. The van der Waals surface area contributed by atoms with Gasteiger partial charge in [0.25, 0.3) is 0 Å². The van der Waals surface area contributed by atoms with Crippen molar-refractivity contribution in [3.63, 3.8) is 0 Å². The van der Waals surface area contributed by atoms with Crippen LogP contribution in [0.1, 0.15) is 18.7 Å². The number of carbonyl (C=O) groups is 2. The first kappa shape index (κ1) is 12.3. The van der Waals surface area contributed by atoms with Gasteiger partial charge in [0.2, 0.25) is 5.91 Å². The molecule has 1 rings (SSSR count). The van der Waals surface area contributed by atoms with Gasteiger partial charge in [-0.05, 0) is 19.1 Å². The van der Waals surface area contributed by atoms with Crippen LogP contribution in [-0.2, 0) is 9.53 Å². The maximum Gasteiger partial charge on any atom is 0.413 e. The molecule has 1 aromatic heterocycles. The summed E-state index contributed by atoms with van der Waals surface area (Å²) >= 11 is 0. The Labute approximate surface area is 93.0 Å². The Morgan fingerprint density at radius 2 is 2.31 bits per heavy atom. The zero-order valence-corrected chi connectivity index (χ0v) is 9.15. The van der Waals surface area contributed by atoms with Crippen LogP contribution < -0.4 is 10.6 Å². The fraction of sp³-hybridized carbons (Fsp3) is 0.400. The normalized spacial score (nSPS) is 11.9. The lowest BCUT2D eigenvalue weighted by Gasteiger charge is -2.10. The lowest BCUT2D eigenvalue weighted by Crippen LogP contribution is -2.38. The predicted molar refractivity (Wildman–Crippen MR) is 55.7 cm³/mol. The number of hydrogen-bond donors (Lipinski definition) is 2. The van der Waals surface area contributed by atoms with Gasteiger partial charge in [-0.15, -0.1) is 0 Å². The van der Waals surface area contributed by atoms with Crippen molar-refractivity contribution in [2.75, 3.05) is 13.7 Å². The Kier molecular flexibility index (Phi) is 4.53. The SMILES string of the molecule is COC(=O)NC(=O)CN[C@@H](C)c1ccco1. The molecule has 0 unspecified atom stereocenters. The van der Waals surface area contributed by atoms with E-state index in [-0.39, 0.29) is 12.6 Å². The zero-order valence-electron chi connectivity index (χ0n) is 9.15. The van der Waals surface area contributed by atoms with E-state index >= 15 is 0 Å². The molecule has 0 fully saturated rings. The molecule has 88 valence electrons. The number of alkyl carbamates (subject to hydrolysis) is 1. The summed E-state index contributed by atoms with van der Waals surface area (Å²) in [5, 5.41) is 4.94. The van der Waals surface area contributed by atoms with Gasteiger partial charge in [0.05, 0.1) is 26.0 Å². The molecule has 6 nitrogen and oxygen atoms in total. The molecule has 1 aromatic rings. The van der Waals surface area contributed by atoms with Gasteiger partial charge in [-0.25, -0.2) is 4.79 Å². The monoisotopic (exact) mass is 226 g/mol. The van der Waals surface area contributed by atoms with Crippen molar-refractivity contribution in [1.82, 2.24) is 10.6 Å². The van der Waals surface area contributed by atoms with Crippen molar-refractivity contribution < 1.29 is 18.7 Å². The number of amides is 2. The minimum absolute atomic E-state index is 0.0109. The predicted octanol–water partition coefficient (Wildman–Crippen LogP) is 0.813. The highest BCUT2D eigenvalue weighted by molar-refractivity contribution is 5.92. The second kappa shape index (κ2) is 5.92. The van der Waals surface area contributed by atoms with E-state index < -0.39 is 12.0 Å². The van der Waals surface area contributed by atoms with Crippen LogP contribution in [0.25, 0.3) is 0 Å². The third-order valence-electron chi connectivity index (χ3n) is 1.97. The van der Waals surface area contributed by atoms with E-state index in [9.17, 15) is 9.59 Å². The van der Waals surface area contributed by atoms with Crippen molar-refractivity contribution in [3.05, 3.63) is 24.2 Å². The molecule has 16 heavy (non-hydrogen) atoms. The van der Waals surface area contributed by atoms with E-state index in [1.165, 1.54) is 7.11 Å². The number of furan rings is 1. The largest absolute Gasteiger partial charge is 0.468 e. The summed E-state index contributed by atoms with van der Waals surface area (Å²) in [5.74, 6) is 0.274. The van der Waals surface area contributed by atoms with E-state index in [2.05, 4.69) is 10.1 Å². The molecule has 0 aromatic carbocycles. The highest BCUT2D eigenvalue weighted by Crippen LogP contribution is 2.11. The van der Waals surface area contributed by atoms with Crippen molar-refractivity contribution >= 4 is 12.0 Å².